The lowest BCUT2D eigenvalue weighted by molar-refractivity contribution is 0.392. The summed E-state index contributed by atoms with van der Waals surface area (Å²) in [6.07, 6.45) is 0.974. The molecule has 2 rings (SSSR count). The van der Waals surface area contributed by atoms with Crippen LogP contribution in [0.3, 0.4) is 0 Å². The van der Waals surface area contributed by atoms with Crippen LogP contribution in [0.25, 0.3) is 0 Å². The van der Waals surface area contributed by atoms with E-state index in [1.54, 1.807) is 7.11 Å². The second kappa shape index (κ2) is 3.49. The van der Waals surface area contributed by atoms with Crippen molar-refractivity contribution < 1.29 is 4.74 Å². The zero-order valence-electron chi connectivity index (χ0n) is 9.30. The number of halogens is 1. The lowest BCUT2D eigenvalue weighted by Gasteiger charge is -2.21. The van der Waals surface area contributed by atoms with E-state index in [-0.39, 0.29) is 11.5 Å². The second-order valence-electron chi connectivity index (χ2n) is 4.73. The predicted octanol–water partition coefficient (Wildman–Crippen LogP) is 3.14. The van der Waals surface area contributed by atoms with E-state index in [0.717, 1.165) is 16.6 Å². The normalized spacial score (nSPS) is 22.6. The van der Waals surface area contributed by atoms with Gasteiger partial charge in [0.05, 0.1) is 7.11 Å². The lowest BCUT2D eigenvalue weighted by Crippen LogP contribution is -2.15. The molecule has 0 bridgehead atoms. The van der Waals surface area contributed by atoms with Crippen LogP contribution in [0.15, 0.2) is 16.6 Å². The summed E-state index contributed by atoms with van der Waals surface area (Å²) in [5.41, 5.74) is 8.73. The summed E-state index contributed by atoms with van der Waals surface area (Å²) >= 11 is 3.57. The van der Waals surface area contributed by atoms with Crippen LogP contribution in [0.2, 0.25) is 0 Å². The fourth-order valence-electron chi connectivity index (χ4n) is 2.56. The number of hydrogen-bond acceptors (Lipinski definition) is 2. The highest BCUT2D eigenvalue weighted by Gasteiger charge is 2.38. The summed E-state index contributed by atoms with van der Waals surface area (Å²) in [6, 6.07) is 4.13. The van der Waals surface area contributed by atoms with Gasteiger partial charge in [-0.2, -0.15) is 0 Å². The minimum absolute atomic E-state index is 0.101. The average Bonchev–Trinajstić information content (AvgIpc) is 2.39. The molecule has 1 aromatic rings. The molecule has 3 heteroatoms. The molecule has 1 aromatic carbocycles. The molecule has 0 aliphatic heterocycles. The summed E-state index contributed by atoms with van der Waals surface area (Å²) in [6.45, 7) is 4.43. The van der Waals surface area contributed by atoms with E-state index >= 15 is 0 Å². The number of hydrogen-bond donors (Lipinski definition) is 1. The monoisotopic (exact) mass is 269 g/mol. The highest BCUT2D eigenvalue weighted by atomic mass is 79.9. The largest absolute Gasteiger partial charge is 0.496 e. The van der Waals surface area contributed by atoms with Gasteiger partial charge in [-0.15, -0.1) is 0 Å². The van der Waals surface area contributed by atoms with Crippen molar-refractivity contribution in [1.82, 2.24) is 0 Å². The Morgan fingerprint density at radius 2 is 2.13 bits per heavy atom. The molecule has 0 amide bonds. The maximum atomic E-state index is 6.16. The number of nitrogens with two attached hydrogens (primary N) is 1. The number of methoxy groups -OCH3 is 1. The maximum absolute atomic E-state index is 6.16. The van der Waals surface area contributed by atoms with Gasteiger partial charge in [-0.1, -0.05) is 29.8 Å². The number of benzene rings is 1. The first-order valence-electron chi connectivity index (χ1n) is 5.10. The van der Waals surface area contributed by atoms with E-state index in [4.69, 9.17) is 10.5 Å². The van der Waals surface area contributed by atoms with E-state index in [2.05, 4.69) is 29.8 Å². The SMILES string of the molecule is COc1ccc(Br)c2c1C(C)(C)C[C@@H]2N. The van der Waals surface area contributed by atoms with Gasteiger partial charge < -0.3 is 10.5 Å². The fourth-order valence-corrected chi connectivity index (χ4v) is 3.18. The van der Waals surface area contributed by atoms with Gasteiger partial charge in [0.15, 0.2) is 0 Å². The lowest BCUT2D eigenvalue weighted by atomic mass is 9.86. The molecule has 1 aliphatic rings. The van der Waals surface area contributed by atoms with E-state index < -0.39 is 0 Å². The maximum Gasteiger partial charge on any atom is 0.123 e. The highest BCUT2D eigenvalue weighted by molar-refractivity contribution is 9.10. The number of ether oxygens (including phenoxy) is 1. The first-order valence-corrected chi connectivity index (χ1v) is 5.89. The van der Waals surface area contributed by atoms with Crippen LogP contribution < -0.4 is 10.5 Å². The third-order valence-corrected chi connectivity index (χ3v) is 3.84. The van der Waals surface area contributed by atoms with Crippen LogP contribution in [0, 0.1) is 0 Å². The molecular formula is C12H16BrNO. The standard InChI is InChI=1S/C12H16BrNO/c1-12(2)6-8(14)10-7(13)4-5-9(15-3)11(10)12/h4-5,8H,6,14H2,1-3H3/t8-/m0/s1. The Morgan fingerprint density at radius 3 is 2.73 bits per heavy atom. The van der Waals surface area contributed by atoms with Crippen molar-refractivity contribution >= 4 is 15.9 Å². The summed E-state index contributed by atoms with van der Waals surface area (Å²) in [5, 5.41) is 0. The van der Waals surface area contributed by atoms with Crippen molar-refractivity contribution in [3.63, 3.8) is 0 Å². The number of fused-ring (bicyclic) bond motifs is 1. The highest BCUT2D eigenvalue weighted by Crippen LogP contribution is 2.50. The average molecular weight is 270 g/mol. The molecular weight excluding hydrogens is 254 g/mol. The van der Waals surface area contributed by atoms with Crippen molar-refractivity contribution in [2.75, 3.05) is 7.11 Å². The first-order chi connectivity index (χ1) is 6.97. The first kappa shape index (κ1) is 11.0. The number of rotatable bonds is 1. The Balaban J connectivity index is 2.71. The van der Waals surface area contributed by atoms with Crippen LogP contribution in [0.1, 0.15) is 37.4 Å². The summed E-state index contributed by atoms with van der Waals surface area (Å²) < 4.78 is 6.51. The van der Waals surface area contributed by atoms with Gasteiger partial charge in [-0.25, -0.2) is 0 Å². The third-order valence-electron chi connectivity index (χ3n) is 3.15. The van der Waals surface area contributed by atoms with Gasteiger partial charge in [-0.05, 0) is 29.5 Å². The van der Waals surface area contributed by atoms with Crippen LogP contribution >= 0.6 is 15.9 Å². The quantitative estimate of drug-likeness (QED) is 0.850. The van der Waals surface area contributed by atoms with Crippen LogP contribution in [0.4, 0.5) is 0 Å². The molecule has 0 saturated carbocycles. The molecule has 2 N–H and O–H groups in total. The molecule has 0 saturated heterocycles. The molecule has 0 unspecified atom stereocenters. The van der Waals surface area contributed by atoms with Crippen LogP contribution in [-0.4, -0.2) is 7.11 Å². The van der Waals surface area contributed by atoms with E-state index in [1.807, 2.05) is 12.1 Å². The molecule has 0 aromatic heterocycles. The van der Waals surface area contributed by atoms with Gasteiger partial charge in [0.25, 0.3) is 0 Å². The molecule has 0 heterocycles. The summed E-state index contributed by atoms with van der Waals surface area (Å²) in [5.74, 6) is 0.950. The van der Waals surface area contributed by atoms with E-state index in [1.165, 1.54) is 11.1 Å². The molecule has 2 nitrogen and oxygen atoms in total. The molecule has 1 aliphatic carbocycles. The zero-order valence-corrected chi connectivity index (χ0v) is 10.9. The van der Waals surface area contributed by atoms with Gasteiger partial charge in [0.1, 0.15) is 5.75 Å². The van der Waals surface area contributed by atoms with Gasteiger partial charge in [-0.3, -0.25) is 0 Å². The fraction of sp³-hybridized carbons (Fsp3) is 0.500. The van der Waals surface area contributed by atoms with Gasteiger partial charge >= 0.3 is 0 Å². The van der Waals surface area contributed by atoms with Gasteiger partial charge in [0, 0.05) is 16.1 Å². The Morgan fingerprint density at radius 1 is 1.47 bits per heavy atom. The Labute approximate surface area is 98.9 Å². The van der Waals surface area contributed by atoms with Gasteiger partial charge in [0.2, 0.25) is 0 Å². The second-order valence-corrected chi connectivity index (χ2v) is 5.59. The zero-order chi connectivity index (χ0) is 11.2. The van der Waals surface area contributed by atoms with E-state index in [0.29, 0.717) is 0 Å². The Kier molecular flexibility index (Phi) is 2.55. The molecule has 0 spiro atoms. The predicted molar refractivity (Wildman–Crippen MR) is 65.3 cm³/mol. The molecule has 0 radical (unpaired) electrons. The van der Waals surface area contributed by atoms with E-state index in [9.17, 15) is 0 Å². The van der Waals surface area contributed by atoms with Crippen molar-refractivity contribution in [3.8, 4) is 5.75 Å². The van der Waals surface area contributed by atoms with Crippen LogP contribution in [0.5, 0.6) is 5.75 Å². The Hall–Kier alpha value is -0.540. The minimum Gasteiger partial charge on any atom is -0.496 e. The molecule has 0 fully saturated rings. The van der Waals surface area contributed by atoms with Crippen molar-refractivity contribution in [2.24, 2.45) is 5.73 Å². The molecule has 82 valence electrons. The van der Waals surface area contributed by atoms with Crippen molar-refractivity contribution in [1.29, 1.82) is 0 Å². The van der Waals surface area contributed by atoms with Crippen molar-refractivity contribution in [2.45, 2.75) is 31.7 Å². The smallest absolute Gasteiger partial charge is 0.123 e. The van der Waals surface area contributed by atoms with Crippen LogP contribution in [-0.2, 0) is 5.41 Å². The molecule has 15 heavy (non-hydrogen) atoms. The summed E-state index contributed by atoms with van der Waals surface area (Å²) in [7, 11) is 1.71. The third kappa shape index (κ3) is 1.58. The summed E-state index contributed by atoms with van der Waals surface area (Å²) in [4.78, 5) is 0. The Bertz CT molecular complexity index is 401. The molecule has 1 atom stereocenters. The minimum atomic E-state index is 0.101. The topological polar surface area (TPSA) is 35.2 Å². The van der Waals surface area contributed by atoms with Crippen molar-refractivity contribution in [3.05, 3.63) is 27.7 Å².